The molecule has 0 aliphatic carbocycles. The molecule has 0 radical (unpaired) electrons. The summed E-state index contributed by atoms with van der Waals surface area (Å²) < 4.78 is 0. The van der Waals surface area contributed by atoms with E-state index in [4.69, 9.17) is 0 Å². The number of phenols is 1. The van der Waals surface area contributed by atoms with Crippen molar-refractivity contribution in [3.05, 3.63) is 29.3 Å². The molecule has 0 spiro atoms. The van der Waals surface area contributed by atoms with Crippen molar-refractivity contribution in [3.8, 4) is 5.75 Å². The Labute approximate surface area is 108 Å². The van der Waals surface area contributed by atoms with Crippen molar-refractivity contribution in [2.45, 2.75) is 19.4 Å². The third kappa shape index (κ3) is 2.34. The lowest BCUT2D eigenvalue weighted by atomic mass is 10.1. The number of aryl methyl sites for hydroxylation is 1. The molecular formula is C14H20N2O2. The molecule has 2 rings (SSSR count). The smallest absolute Gasteiger partial charge is 0.257 e. The maximum absolute atomic E-state index is 12.3. The number of carbonyl (C=O) groups excluding carboxylic acids is 1. The molecule has 0 bridgehead atoms. The number of likely N-dealkylation sites (N-methyl/N-ethyl adjacent to an activating group) is 1. The van der Waals surface area contributed by atoms with Crippen LogP contribution in [-0.4, -0.2) is 54.0 Å². The zero-order chi connectivity index (χ0) is 13.3. The number of benzene rings is 1. The van der Waals surface area contributed by atoms with E-state index in [1.807, 2.05) is 25.1 Å². The molecular weight excluding hydrogens is 228 g/mol. The van der Waals surface area contributed by atoms with Gasteiger partial charge in [-0.25, -0.2) is 0 Å². The molecule has 18 heavy (non-hydrogen) atoms. The van der Waals surface area contributed by atoms with Crippen molar-refractivity contribution in [2.75, 3.05) is 27.2 Å². The highest BCUT2D eigenvalue weighted by Crippen LogP contribution is 2.25. The molecule has 1 saturated heterocycles. The second-order valence-electron chi connectivity index (χ2n) is 5.13. The fourth-order valence-corrected chi connectivity index (χ4v) is 2.35. The summed E-state index contributed by atoms with van der Waals surface area (Å²) in [6.07, 6.45) is 0.991. The van der Waals surface area contributed by atoms with Crippen LogP contribution in [0, 0.1) is 6.92 Å². The summed E-state index contributed by atoms with van der Waals surface area (Å²) in [6.45, 7) is 3.30. The first kappa shape index (κ1) is 12.9. The Morgan fingerprint density at radius 2 is 2.17 bits per heavy atom. The lowest BCUT2D eigenvalue weighted by Crippen LogP contribution is -2.34. The van der Waals surface area contributed by atoms with E-state index in [1.54, 1.807) is 19.1 Å². The van der Waals surface area contributed by atoms with Crippen LogP contribution in [0.5, 0.6) is 5.75 Å². The van der Waals surface area contributed by atoms with Crippen LogP contribution in [0.1, 0.15) is 22.3 Å². The van der Waals surface area contributed by atoms with Gasteiger partial charge in [-0.05, 0) is 39.1 Å². The molecule has 1 heterocycles. The van der Waals surface area contributed by atoms with Gasteiger partial charge in [0.05, 0.1) is 5.56 Å². The molecule has 0 aromatic heterocycles. The van der Waals surface area contributed by atoms with E-state index in [0.717, 1.165) is 25.1 Å². The Kier molecular flexibility index (Phi) is 3.57. The molecule has 4 heteroatoms. The standard InChI is InChI=1S/C14H20N2O2/c1-10-5-4-6-12(13(10)17)14(18)16-8-7-11(9-16)15(2)3/h4-6,11,17H,7-9H2,1-3H3. The van der Waals surface area contributed by atoms with Crippen molar-refractivity contribution < 1.29 is 9.90 Å². The Morgan fingerprint density at radius 3 is 2.78 bits per heavy atom. The summed E-state index contributed by atoms with van der Waals surface area (Å²) in [6, 6.07) is 5.72. The Balaban J connectivity index is 2.16. The number of phenolic OH excluding ortho intramolecular Hbond substituents is 1. The van der Waals surface area contributed by atoms with Crippen molar-refractivity contribution >= 4 is 5.91 Å². The molecule has 1 atom stereocenters. The van der Waals surface area contributed by atoms with E-state index < -0.39 is 0 Å². The molecule has 98 valence electrons. The fraction of sp³-hybridized carbons (Fsp3) is 0.500. The number of aromatic hydroxyl groups is 1. The van der Waals surface area contributed by atoms with Crippen LogP contribution < -0.4 is 0 Å². The molecule has 1 aromatic rings. The van der Waals surface area contributed by atoms with Crippen LogP contribution >= 0.6 is 0 Å². The number of nitrogens with zero attached hydrogens (tertiary/aromatic N) is 2. The quantitative estimate of drug-likeness (QED) is 0.862. The maximum Gasteiger partial charge on any atom is 0.257 e. The highest BCUT2D eigenvalue weighted by molar-refractivity contribution is 5.97. The van der Waals surface area contributed by atoms with Crippen molar-refractivity contribution in [3.63, 3.8) is 0 Å². The predicted octanol–water partition coefficient (Wildman–Crippen LogP) is 1.48. The van der Waals surface area contributed by atoms with Crippen molar-refractivity contribution in [1.29, 1.82) is 0 Å². The van der Waals surface area contributed by atoms with Crippen molar-refractivity contribution in [1.82, 2.24) is 9.80 Å². The lowest BCUT2D eigenvalue weighted by molar-refractivity contribution is 0.0780. The largest absolute Gasteiger partial charge is 0.507 e. The molecule has 0 saturated carbocycles. The third-order valence-electron chi connectivity index (χ3n) is 3.65. The molecule has 1 fully saturated rings. The van der Waals surface area contributed by atoms with E-state index in [1.165, 1.54) is 0 Å². The highest BCUT2D eigenvalue weighted by Gasteiger charge is 2.29. The number of hydrogen-bond donors (Lipinski definition) is 1. The second-order valence-corrected chi connectivity index (χ2v) is 5.13. The number of rotatable bonds is 2. The number of para-hydroxylation sites is 1. The number of likely N-dealkylation sites (tertiary alicyclic amines) is 1. The van der Waals surface area contributed by atoms with Crippen LogP contribution in [0.3, 0.4) is 0 Å². The molecule has 1 aliphatic heterocycles. The number of hydrogen-bond acceptors (Lipinski definition) is 3. The van der Waals surface area contributed by atoms with Gasteiger partial charge in [0.15, 0.2) is 0 Å². The minimum absolute atomic E-state index is 0.0689. The Hall–Kier alpha value is -1.55. The maximum atomic E-state index is 12.3. The van der Waals surface area contributed by atoms with Gasteiger partial charge in [-0.15, -0.1) is 0 Å². The monoisotopic (exact) mass is 248 g/mol. The first-order valence-corrected chi connectivity index (χ1v) is 6.25. The molecule has 1 amide bonds. The second kappa shape index (κ2) is 4.98. The van der Waals surface area contributed by atoms with Gasteiger partial charge < -0.3 is 14.9 Å². The molecule has 1 aliphatic rings. The third-order valence-corrected chi connectivity index (χ3v) is 3.65. The molecule has 1 unspecified atom stereocenters. The summed E-state index contributed by atoms with van der Waals surface area (Å²) in [5, 5.41) is 9.95. The van der Waals surface area contributed by atoms with Crippen molar-refractivity contribution in [2.24, 2.45) is 0 Å². The van der Waals surface area contributed by atoms with Crippen LogP contribution in [0.4, 0.5) is 0 Å². The van der Waals surface area contributed by atoms with E-state index in [0.29, 0.717) is 11.6 Å². The van der Waals surface area contributed by atoms with E-state index >= 15 is 0 Å². The zero-order valence-electron chi connectivity index (χ0n) is 11.2. The van der Waals surface area contributed by atoms with E-state index in [-0.39, 0.29) is 11.7 Å². The Bertz CT molecular complexity index is 457. The summed E-state index contributed by atoms with van der Waals surface area (Å²) in [5.74, 6) is 0.0383. The molecule has 4 nitrogen and oxygen atoms in total. The first-order valence-electron chi connectivity index (χ1n) is 6.25. The summed E-state index contributed by atoms with van der Waals surface area (Å²) in [4.78, 5) is 16.3. The van der Waals surface area contributed by atoms with Crippen LogP contribution in [0.2, 0.25) is 0 Å². The normalized spacial score (nSPS) is 19.6. The van der Waals surface area contributed by atoms with Gasteiger partial charge in [0.25, 0.3) is 5.91 Å². The van der Waals surface area contributed by atoms with Gasteiger partial charge in [0, 0.05) is 19.1 Å². The predicted molar refractivity (Wildman–Crippen MR) is 70.8 cm³/mol. The van der Waals surface area contributed by atoms with Gasteiger partial charge in [0.2, 0.25) is 0 Å². The van der Waals surface area contributed by atoms with Gasteiger partial charge >= 0.3 is 0 Å². The summed E-state index contributed by atoms with van der Waals surface area (Å²) >= 11 is 0. The van der Waals surface area contributed by atoms with Crippen LogP contribution in [0.15, 0.2) is 18.2 Å². The molecule has 1 aromatic carbocycles. The average Bonchev–Trinajstić information content (AvgIpc) is 2.81. The van der Waals surface area contributed by atoms with E-state index in [2.05, 4.69) is 4.90 Å². The topological polar surface area (TPSA) is 43.8 Å². The zero-order valence-corrected chi connectivity index (χ0v) is 11.2. The minimum Gasteiger partial charge on any atom is -0.507 e. The average molecular weight is 248 g/mol. The van der Waals surface area contributed by atoms with Crippen LogP contribution in [0.25, 0.3) is 0 Å². The van der Waals surface area contributed by atoms with Gasteiger partial charge in [-0.3, -0.25) is 4.79 Å². The van der Waals surface area contributed by atoms with Crippen LogP contribution in [-0.2, 0) is 0 Å². The lowest BCUT2D eigenvalue weighted by Gasteiger charge is -2.21. The molecule has 1 N–H and O–H groups in total. The highest BCUT2D eigenvalue weighted by atomic mass is 16.3. The van der Waals surface area contributed by atoms with Gasteiger partial charge in [-0.1, -0.05) is 12.1 Å². The van der Waals surface area contributed by atoms with Gasteiger partial charge in [0.1, 0.15) is 5.75 Å². The van der Waals surface area contributed by atoms with Gasteiger partial charge in [-0.2, -0.15) is 0 Å². The number of carbonyl (C=O) groups is 1. The minimum atomic E-state index is -0.0689. The fourth-order valence-electron chi connectivity index (χ4n) is 2.35. The summed E-state index contributed by atoms with van der Waals surface area (Å²) in [7, 11) is 4.06. The number of amides is 1. The Morgan fingerprint density at radius 1 is 1.44 bits per heavy atom. The summed E-state index contributed by atoms with van der Waals surface area (Å²) in [5.41, 5.74) is 1.15. The SMILES string of the molecule is Cc1cccc(C(=O)N2CCC(N(C)C)C2)c1O. The van der Waals surface area contributed by atoms with E-state index in [9.17, 15) is 9.90 Å². The first-order chi connectivity index (χ1) is 8.50.